The smallest absolute Gasteiger partial charge is 0.186 e. The molecule has 0 aliphatic heterocycles. The number of ether oxygens (including phenoxy) is 1. The lowest BCUT2D eigenvalue weighted by molar-refractivity contribution is 0.297. The van der Waals surface area contributed by atoms with Crippen molar-refractivity contribution in [3.63, 3.8) is 0 Å². The van der Waals surface area contributed by atoms with Crippen molar-refractivity contribution in [2.45, 2.75) is 26.3 Å². The number of rotatable bonds is 7. The van der Waals surface area contributed by atoms with Crippen LogP contribution in [0.1, 0.15) is 24.0 Å². The maximum absolute atomic E-state index is 6.07. The van der Waals surface area contributed by atoms with Gasteiger partial charge < -0.3 is 10.1 Å². The highest BCUT2D eigenvalue weighted by Gasteiger charge is 2.22. The van der Waals surface area contributed by atoms with Crippen LogP contribution < -0.4 is 10.1 Å². The van der Waals surface area contributed by atoms with Gasteiger partial charge in [-0.1, -0.05) is 12.1 Å². The molecule has 1 saturated carbocycles. The number of fused-ring (bicyclic) bond motifs is 1. The number of thiophene rings is 1. The first-order valence-corrected chi connectivity index (χ1v) is 10.4. The number of nitrogens with zero attached hydrogens (tertiary/aromatic N) is 4. The Morgan fingerprint density at radius 1 is 1.18 bits per heavy atom. The summed E-state index contributed by atoms with van der Waals surface area (Å²) in [6.07, 6.45) is 2.57. The standard InChI is InChI=1S/C21H21N5OS/c1-14-2-5-16(18(10-14)27-12-15-3-4-15)11-22-19-6-7-20-23-24-21(26(20)25-19)17-8-9-28-13-17/h2,5-10,13,15H,3-4,11-12H2,1H3,(H,22,25). The molecule has 28 heavy (non-hydrogen) atoms. The molecule has 0 spiro atoms. The Kier molecular flexibility index (Phi) is 4.44. The number of nitrogens with one attached hydrogen (secondary N) is 1. The van der Waals surface area contributed by atoms with Gasteiger partial charge in [-0.15, -0.1) is 15.3 Å². The molecule has 1 N–H and O–H groups in total. The minimum atomic E-state index is 0.648. The maximum atomic E-state index is 6.07. The topological polar surface area (TPSA) is 64.3 Å². The van der Waals surface area contributed by atoms with Crippen molar-refractivity contribution in [3.05, 3.63) is 58.3 Å². The summed E-state index contributed by atoms with van der Waals surface area (Å²) in [6.45, 7) is 3.55. The van der Waals surface area contributed by atoms with E-state index in [-0.39, 0.29) is 0 Å². The van der Waals surface area contributed by atoms with Crippen molar-refractivity contribution < 1.29 is 4.74 Å². The van der Waals surface area contributed by atoms with Crippen LogP contribution in [0.15, 0.2) is 47.2 Å². The van der Waals surface area contributed by atoms with Gasteiger partial charge in [0.2, 0.25) is 0 Å². The Hall–Kier alpha value is -2.93. The van der Waals surface area contributed by atoms with E-state index in [1.165, 1.54) is 18.4 Å². The van der Waals surface area contributed by atoms with E-state index in [1.807, 2.05) is 29.0 Å². The molecule has 0 bridgehead atoms. The highest BCUT2D eigenvalue weighted by atomic mass is 32.1. The number of hydrogen-bond acceptors (Lipinski definition) is 6. The Morgan fingerprint density at radius 3 is 2.93 bits per heavy atom. The Morgan fingerprint density at radius 2 is 2.11 bits per heavy atom. The van der Waals surface area contributed by atoms with Crippen LogP contribution in [0.3, 0.4) is 0 Å². The van der Waals surface area contributed by atoms with Crippen LogP contribution in [-0.4, -0.2) is 26.4 Å². The number of aromatic nitrogens is 4. The zero-order chi connectivity index (χ0) is 18.9. The number of anilines is 1. The minimum Gasteiger partial charge on any atom is -0.493 e. The Bertz CT molecular complexity index is 1100. The monoisotopic (exact) mass is 391 g/mol. The molecule has 1 aliphatic carbocycles. The van der Waals surface area contributed by atoms with Gasteiger partial charge in [0.15, 0.2) is 11.5 Å². The van der Waals surface area contributed by atoms with Crippen molar-refractivity contribution in [2.75, 3.05) is 11.9 Å². The van der Waals surface area contributed by atoms with Crippen molar-refractivity contribution >= 4 is 22.8 Å². The molecule has 142 valence electrons. The van der Waals surface area contributed by atoms with Gasteiger partial charge in [-0.3, -0.25) is 0 Å². The molecule has 0 radical (unpaired) electrons. The average molecular weight is 392 g/mol. The quantitative estimate of drug-likeness (QED) is 0.500. The summed E-state index contributed by atoms with van der Waals surface area (Å²) in [7, 11) is 0. The molecule has 1 aromatic carbocycles. The molecule has 3 heterocycles. The van der Waals surface area contributed by atoms with Crippen LogP contribution in [-0.2, 0) is 6.54 Å². The van der Waals surface area contributed by atoms with Gasteiger partial charge in [0.25, 0.3) is 0 Å². The van der Waals surface area contributed by atoms with Gasteiger partial charge in [0, 0.05) is 23.1 Å². The Labute approximate surface area is 167 Å². The van der Waals surface area contributed by atoms with Gasteiger partial charge in [-0.2, -0.15) is 15.9 Å². The second-order valence-corrected chi connectivity index (χ2v) is 8.02. The van der Waals surface area contributed by atoms with Crippen molar-refractivity contribution in [1.82, 2.24) is 19.8 Å². The third kappa shape index (κ3) is 3.57. The second kappa shape index (κ2) is 7.24. The fourth-order valence-corrected chi connectivity index (χ4v) is 3.71. The number of hydrogen-bond donors (Lipinski definition) is 1. The van der Waals surface area contributed by atoms with Crippen molar-refractivity contribution in [3.8, 4) is 17.1 Å². The molecule has 6 nitrogen and oxygen atoms in total. The van der Waals surface area contributed by atoms with Crippen LogP contribution >= 0.6 is 11.3 Å². The normalized spacial score (nSPS) is 13.8. The van der Waals surface area contributed by atoms with Gasteiger partial charge in [0.1, 0.15) is 11.6 Å². The summed E-state index contributed by atoms with van der Waals surface area (Å²) in [5.74, 6) is 3.22. The van der Waals surface area contributed by atoms with E-state index in [1.54, 1.807) is 15.9 Å². The summed E-state index contributed by atoms with van der Waals surface area (Å²) in [4.78, 5) is 0. The maximum Gasteiger partial charge on any atom is 0.186 e. The molecule has 0 amide bonds. The molecule has 4 aromatic rings. The van der Waals surface area contributed by atoms with Crippen LogP contribution in [0.4, 0.5) is 5.82 Å². The van der Waals surface area contributed by atoms with E-state index in [9.17, 15) is 0 Å². The summed E-state index contributed by atoms with van der Waals surface area (Å²) >= 11 is 1.63. The minimum absolute atomic E-state index is 0.648. The van der Waals surface area contributed by atoms with E-state index < -0.39 is 0 Å². The molecule has 3 aromatic heterocycles. The lowest BCUT2D eigenvalue weighted by Crippen LogP contribution is -2.08. The summed E-state index contributed by atoms with van der Waals surface area (Å²) in [5, 5.41) is 20.7. The highest BCUT2D eigenvalue weighted by molar-refractivity contribution is 7.08. The fourth-order valence-electron chi connectivity index (χ4n) is 3.07. The zero-order valence-electron chi connectivity index (χ0n) is 15.6. The molecule has 1 fully saturated rings. The van der Waals surface area contributed by atoms with E-state index in [0.717, 1.165) is 46.7 Å². The number of benzene rings is 1. The van der Waals surface area contributed by atoms with E-state index in [4.69, 9.17) is 4.74 Å². The first-order chi connectivity index (χ1) is 13.8. The van der Waals surface area contributed by atoms with Crippen molar-refractivity contribution in [2.24, 2.45) is 5.92 Å². The molecular weight excluding hydrogens is 370 g/mol. The van der Waals surface area contributed by atoms with Gasteiger partial charge in [-0.05, 0) is 60.9 Å². The Balaban J connectivity index is 1.36. The van der Waals surface area contributed by atoms with Gasteiger partial charge in [0.05, 0.1) is 6.61 Å². The second-order valence-electron chi connectivity index (χ2n) is 7.24. The predicted molar refractivity (Wildman–Crippen MR) is 111 cm³/mol. The lowest BCUT2D eigenvalue weighted by Gasteiger charge is -2.13. The van der Waals surface area contributed by atoms with E-state index >= 15 is 0 Å². The first kappa shape index (κ1) is 17.2. The summed E-state index contributed by atoms with van der Waals surface area (Å²) in [5.41, 5.74) is 4.10. The molecule has 0 saturated heterocycles. The summed E-state index contributed by atoms with van der Waals surface area (Å²) < 4.78 is 7.85. The van der Waals surface area contributed by atoms with Crippen LogP contribution in [0.25, 0.3) is 17.0 Å². The average Bonchev–Trinajstić information content (AvgIpc) is 3.20. The highest BCUT2D eigenvalue weighted by Crippen LogP contribution is 2.31. The molecule has 5 rings (SSSR count). The third-order valence-electron chi connectivity index (χ3n) is 4.90. The summed E-state index contributed by atoms with van der Waals surface area (Å²) in [6, 6.07) is 12.2. The van der Waals surface area contributed by atoms with E-state index in [2.05, 4.69) is 45.7 Å². The molecule has 0 atom stereocenters. The number of aryl methyl sites for hydroxylation is 1. The predicted octanol–water partition coefficient (Wildman–Crippen LogP) is 4.56. The van der Waals surface area contributed by atoms with Crippen LogP contribution in [0, 0.1) is 12.8 Å². The van der Waals surface area contributed by atoms with Crippen LogP contribution in [0.5, 0.6) is 5.75 Å². The zero-order valence-corrected chi connectivity index (χ0v) is 16.4. The fraction of sp³-hybridized carbons (Fsp3) is 0.286. The SMILES string of the molecule is Cc1ccc(CNc2ccc3nnc(-c4ccsc4)n3n2)c(OCC2CC2)c1. The van der Waals surface area contributed by atoms with Crippen LogP contribution in [0.2, 0.25) is 0 Å². The molecule has 7 heteroatoms. The van der Waals surface area contributed by atoms with E-state index in [0.29, 0.717) is 6.54 Å². The van der Waals surface area contributed by atoms with Gasteiger partial charge >= 0.3 is 0 Å². The van der Waals surface area contributed by atoms with Crippen molar-refractivity contribution in [1.29, 1.82) is 0 Å². The first-order valence-electron chi connectivity index (χ1n) is 9.47. The molecule has 1 aliphatic rings. The molecular formula is C21H21N5OS. The molecule has 0 unspecified atom stereocenters. The lowest BCUT2D eigenvalue weighted by atomic mass is 10.1. The largest absolute Gasteiger partial charge is 0.493 e. The third-order valence-corrected chi connectivity index (χ3v) is 5.58. The van der Waals surface area contributed by atoms with Gasteiger partial charge in [-0.25, -0.2) is 0 Å².